The van der Waals surface area contributed by atoms with E-state index in [1.807, 2.05) is 29.2 Å². The molecule has 0 radical (unpaired) electrons. The highest BCUT2D eigenvalue weighted by Crippen LogP contribution is 2.60. The second kappa shape index (κ2) is 10.0. The van der Waals surface area contributed by atoms with Crippen LogP contribution < -0.4 is 5.32 Å². The van der Waals surface area contributed by atoms with Gasteiger partial charge in [-0.25, -0.2) is 0 Å². The third-order valence-electron chi connectivity index (χ3n) is 9.30. The second-order valence-corrected chi connectivity index (χ2v) is 12.0. The van der Waals surface area contributed by atoms with Crippen molar-refractivity contribution in [1.82, 2.24) is 15.1 Å². The van der Waals surface area contributed by atoms with Crippen molar-refractivity contribution < 1.29 is 9.59 Å². The van der Waals surface area contributed by atoms with Gasteiger partial charge in [0.1, 0.15) is 0 Å². The lowest BCUT2D eigenvalue weighted by atomic mass is 9.49. The molecule has 2 aromatic carbocycles. The van der Waals surface area contributed by atoms with Gasteiger partial charge in [-0.05, 0) is 86.0 Å². The zero-order chi connectivity index (χ0) is 24.5. The lowest BCUT2D eigenvalue weighted by molar-refractivity contribution is -0.146. The Morgan fingerprint density at radius 1 is 0.778 bits per heavy atom. The molecule has 190 valence electrons. The van der Waals surface area contributed by atoms with Gasteiger partial charge in [0.05, 0.1) is 0 Å². The van der Waals surface area contributed by atoms with Crippen molar-refractivity contribution in [3.8, 4) is 0 Å². The molecule has 2 amide bonds. The minimum Gasteiger partial charge on any atom is -0.352 e. The first-order valence-corrected chi connectivity index (χ1v) is 14.0. The largest absolute Gasteiger partial charge is 0.352 e. The maximum absolute atomic E-state index is 13.3. The monoisotopic (exact) mass is 485 g/mol. The molecule has 1 N–H and O–H groups in total. The fourth-order valence-electron chi connectivity index (χ4n) is 7.88. The number of nitrogens with zero attached hydrogens (tertiary/aromatic N) is 2. The number of hydrogen-bond acceptors (Lipinski definition) is 3. The van der Waals surface area contributed by atoms with E-state index < -0.39 is 0 Å². The van der Waals surface area contributed by atoms with Crippen LogP contribution in [-0.4, -0.2) is 47.8 Å². The first kappa shape index (κ1) is 23.7. The molecule has 0 unspecified atom stereocenters. The Bertz CT molecular complexity index is 1050. The molecule has 7 rings (SSSR count). The predicted octanol–water partition coefficient (Wildman–Crippen LogP) is 4.87. The highest BCUT2D eigenvalue weighted by atomic mass is 16.2. The second-order valence-electron chi connectivity index (χ2n) is 12.0. The molecular weight excluding hydrogens is 446 g/mol. The first-order valence-electron chi connectivity index (χ1n) is 14.0. The molecule has 5 heteroatoms. The van der Waals surface area contributed by atoms with Crippen molar-refractivity contribution in [2.45, 2.75) is 58.0 Å². The van der Waals surface area contributed by atoms with Crippen molar-refractivity contribution in [3.05, 3.63) is 71.3 Å². The van der Waals surface area contributed by atoms with E-state index in [-0.39, 0.29) is 17.2 Å². The molecule has 0 atom stereocenters. The van der Waals surface area contributed by atoms with Crippen LogP contribution in [-0.2, 0) is 17.9 Å². The fraction of sp³-hybridized carbons (Fsp3) is 0.548. The van der Waals surface area contributed by atoms with Gasteiger partial charge in [0.25, 0.3) is 5.91 Å². The number of benzene rings is 2. The topological polar surface area (TPSA) is 52.7 Å². The summed E-state index contributed by atoms with van der Waals surface area (Å²) in [4.78, 5) is 30.9. The van der Waals surface area contributed by atoms with E-state index in [1.165, 1.54) is 24.8 Å². The smallest absolute Gasteiger partial charge is 0.253 e. The number of nitrogens with one attached hydrogen (secondary N) is 1. The van der Waals surface area contributed by atoms with E-state index in [0.717, 1.165) is 87.3 Å². The summed E-state index contributed by atoms with van der Waals surface area (Å²) >= 11 is 0. The van der Waals surface area contributed by atoms with E-state index in [0.29, 0.717) is 6.54 Å². The SMILES string of the molecule is O=C(c1ccc(CNC(=O)C23CC4CC(CC(C4)C2)C3)cc1)N1CCCN(Cc2ccccc2)CC1. The molecule has 4 aliphatic carbocycles. The molecule has 0 spiro atoms. The summed E-state index contributed by atoms with van der Waals surface area (Å²) in [5.74, 6) is 2.71. The quantitative estimate of drug-likeness (QED) is 0.635. The number of amides is 2. The van der Waals surface area contributed by atoms with Gasteiger partial charge in [0.15, 0.2) is 0 Å². The predicted molar refractivity (Wildman–Crippen MR) is 141 cm³/mol. The Labute approximate surface area is 215 Å². The van der Waals surface area contributed by atoms with Gasteiger partial charge in [-0.1, -0.05) is 42.5 Å². The summed E-state index contributed by atoms with van der Waals surface area (Å²) in [6.07, 6.45) is 8.33. The van der Waals surface area contributed by atoms with Crippen LogP contribution in [0.15, 0.2) is 54.6 Å². The summed E-state index contributed by atoms with van der Waals surface area (Å²) in [6.45, 7) is 4.96. The van der Waals surface area contributed by atoms with Crippen molar-refractivity contribution in [2.24, 2.45) is 23.2 Å². The van der Waals surface area contributed by atoms with Gasteiger partial charge in [-0.2, -0.15) is 0 Å². The summed E-state index contributed by atoms with van der Waals surface area (Å²) in [5, 5.41) is 3.26. The molecule has 5 nitrogen and oxygen atoms in total. The Morgan fingerprint density at radius 2 is 1.44 bits per heavy atom. The Kier molecular flexibility index (Phi) is 6.59. The van der Waals surface area contributed by atoms with Gasteiger partial charge >= 0.3 is 0 Å². The number of rotatable bonds is 6. The zero-order valence-electron chi connectivity index (χ0n) is 21.3. The van der Waals surface area contributed by atoms with Crippen LogP contribution in [0.3, 0.4) is 0 Å². The third kappa shape index (κ3) is 4.95. The van der Waals surface area contributed by atoms with Gasteiger partial charge in [-0.3, -0.25) is 14.5 Å². The molecule has 4 bridgehead atoms. The van der Waals surface area contributed by atoms with Crippen LogP contribution in [0.4, 0.5) is 0 Å². The number of hydrogen-bond donors (Lipinski definition) is 1. The lowest BCUT2D eigenvalue weighted by Gasteiger charge is -2.55. The van der Waals surface area contributed by atoms with Gasteiger partial charge in [0.2, 0.25) is 5.91 Å². The minimum atomic E-state index is -0.105. The molecule has 2 aromatic rings. The van der Waals surface area contributed by atoms with Crippen LogP contribution in [0.2, 0.25) is 0 Å². The zero-order valence-corrected chi connectivity index (χ0v) is 21.3. The normalized spacial score (nSPS) is 29.7. The van der Waals surface area contributed by atoms with Crippen LogP contribution in [0.25, 0.3) is 0 Å². The van der Waals surface area contributed by atoms with E-state index in [2.05, 4.69) is 40.5 Å². The van der Waals surface area contributed by atoms with E-state index in [1.54, 1.807) is 0 Å². The first-order chi connectivity index (χ1) is 17.6. The average molecular weight is 486 g/mol. The molecule has 0 aromatic heterocycles. The molecule has 1 saturated heterocycles. The Balaban J connectivity index is 1.01. The van der Waals surface area contributed by atoms with Gasteiger partial charge < -0.3 is 10.2 Å². The van der Waals surface area contributed by atoms with E-state index in [9.17, 15) is 9.59 Å². The summed E-state index contributed by atoms with van der Waals surface area (Å²) in [5.41, 5.74) is 3.02. The highest BCUT2D eigenvalue weighted by Gasteiger charge is 2.54. The molecule has 1 heterocycles. The summed E-state index contributed by atoms with van der Waals surface area (Å²) < 4.78 is 0. The molecule has 4 saturated carbocycles. The van der Waals surface area contributed by atoms with Crippen molar-refractivity contribution in [3.63, 3.8) is 0 Å². The minimum absolute atomic E-state index is 0.105. The van der Waals surface area contributed by atoms with Crippen LogP contribution in [0, 0.1) is 23.2 Å². The van der Waals surface area contributed by atoms with Crippen molar-refractivity contribution in [1.29, 1.82) is 0 Å². The Morgan fingerprint density at radius 3 is 2.11 bits per heavy atom. The third-order valence-corrected chi connectivity index (χ3v) is 9.30. The van der Waals surface area contributed by atoms with Crippen LogP contribution in [0.1, 0.15) is 66.4 Å². The maximum atomic E-state index is 13.3. The van der Waals surface area contributed by atoms with Crippen LogP contribution >= 0.6 is 0 Å². The van der Waals surface area contributed by atoms with E-state index >= 15 is 0 Å². The maximum Gasteiger partial charge on any atom is 0.253 e. The van der Waals surface area contributed by atoms with Crippen molar-refractivity contribution >= 4 is 11.8 Å². The van der Waals surface area contributed by atoms with Crippen molar-refractivity contribution in [2.75, 3.05) is 26.2 Å². The van der Waals surface area contributed by atoms with Gasteiger partial charge in [0, 0.05) is 50.2 Å². The average Bonchev–Trinajstić information content (AvgIpc) is 3.12. The van der Waals surface area contributed by atoms with E-state index in [4.69, 9.17) is 0 Å². The summed E-state index contributed by atoms with van der Waals surface area (Å²) in [7, 11) is 0. The highest BCUT2D eigenvalue weighted by molar-refractivity contribution is 5.94. The standard InChI is InChI=1S/C31H39N3O2/c35-29(34-12-4-11-33(13-14-34)22-24-5-2-1-3-6-24)28-9-7-23(8-10-28)21-32-30(36)31-18-25-15-26(19-31)17-27(16-25)20-31/h1-3,5-10,25-27H,4,11-22H2,(H,32,36). The summed E-state index contributed by atoms with van der Waals surface area (Å²) in [6, 6.07) is 18.4. The molecule has 36 heavy (non-hydrogen) atoms. The number of carbonyl (C=O) groups is 2. The molecular formula is C31H39N3O2. The fourth-order valence-corrected chi connectivity index (χ4v) is 7.88. The number of carbonyl (C=O) groups excluding carboxylic acids is 2. The Hall–Kier alpha value is -2.66. The lowest BCUT2D eigenvalue weighted by Crippen LogP contribution is -2.53. The molecule has 1 aliphatic heterocycles. The molecule has 5 aliphatic rings. The van der Waals surface area contributed by atoms with Crippen LogP contribution in [0.5, 0.6) is 0 Å². The molecule has 5 fully saturated rings. The van der Waals surface area contributed by atoms with Gasteiger partial charge in [-0.15, -0.1) is 0 Å².